The molecule has 9 heteroatoms. The van der Waals surface area contributed by atoms with E-state index in [1.165, 1.54) is 35.6 Å². The van der Waals surface area contributed by atoms with Gasteiger partial charge in [-0.1, -0.05) is 12.1 Å². The van der Waals surface area contributed by atoms with Crippen molar-refractivity contribution in [2.24, 2.45) is 0 Å². The third-order valence-corrected chi connectivity index (χ3v) is 7.18. The number of nitrogens with one attached hydrogen (secondary N) is 1. The van der Waals surface area contributed by atoms with Gasteiger partial charge in [0.1, 0.15) is 11.9 Å². The number of aromatic nitrogens is 2. The van der Waals surface area contributed by atoms with Gasteiger partial charge in [-0.05, 0) is 44.2 Å². The summed E-state index contributed by atoms with van der Waals surface area (Å²) in [5.74, 6) is 1.18. The van der Waals surface area contributed by atoms with E-state index in [4.69, 9.17) is 4.74 Å². The number of benzene rings is 1. The fourth-order valence-corrected chi connectivity index (χ4v) is 5.04. The molecule has 0 unspecified atom stereocenters. The molecule has 188 valence electrons. The van der Waals surface area contributed by atoms with Crippen LogP contribution in [0, 0.1) is 6.92 Å². The number of carbonyl (C=O) groups excluding carboxylic acids is 2. The number of carbonyl (C=O) groups is 2. The highest BCUT2D eigenvalue weighted by molar-refractivity contribution is 5.88. The average molecular weight is 481 g/mol. The van der Waals surface area contributed by atoms with E-state index in [1.807, 2.05) is 0 Å². The number of rotatable bonds is 6. The maximum Gasteiger partial charge on any atom is 0.344 e. The van der Waals surface area contributed by atoms with E-state index >= 15 is 0 Å². The van der Waals surface area contributed by atoms with Crippen LogP contribution in [0.5, 0.6) is 5.75 Å². The molecule has 2 saturated heterocycles. The largest absolute Gasteiger partial charge is 0.490 e. The van der Waals surface area contributed by atoms with Crippen molar-refractivity contribution in [3.63, 3.8) is 0 Å². The number of aryl methyl sites for hydroxylation is 1. The van der Waals surface area contributed by atoms with Crippen LogP contribution in [-0.2, 0) is 11.3 Å². The monoisotopic (exact) mass is 480 g/mol. The first-order chi connectivity index (χ1) is 16.9. The van der Waals surface area contributed by atoms with E-state index < -0.39 is 0 Å². The summed E-state index contributed by atoms with van der Waals surface area (Å²) >= 11 is 0. The molecule has 3 heterocycles. The average Bonchev–Trinajstić information content (AvgIpc) is 3.60. The first kappa shape index (κ1) is 23.8. The summed E-state index contributed by atoms with van der Waals surface area (Å²) in [5.41, 5.74) is 2.43. The van der Waals surface area contributed by atoms with Crippen molar-refractivity contribution in [1.29, 1.82) is 0 Å². The number of likely N-dealkylation sites (tertiary alicyclic amines) is 1. The van der Waals surface area contributed by atoms with Crippen LogP contribution in [-0.4, -0.2) is 87.8 Å². The number of ether oxygens (including phenoxy) is 1. The quantitative estimate of drug-likeness (QED) is 0.685. The Morgan fingerprint density at radius 1 is 1.03 bits per heavy atom. The van der Waals surface area contributed by atoms with Gasteiger partial charge in [0, 0.05) is 76.6 Å². The Morgan fingerprint density at radius 3 is 2.46 bits per heavy atom. The predicted octanol–water partition coefficient (Wildman–Crippen LogP) is 2.94. The van der Waals surface area contributed by atoms with Crippen LogP contribution in [0.2, 0.25) is 0 Å². The summed E-state index contributed by atoms with van der Waals surface area (Å²) in [6.07, 6.45) is 6.81. The third kappa shape index (κ3) is 6.02. The van der Waals surface area contributed by atoms with Crippen LogP contribution in [0.15, 0.2) is 30.5 Å². The molecular weight excluding hydrogens is 444 g/mol. The lowest BCUT2D eigenvalue weighted by atomic mass is 10.1. The van der Waals surface area contributed by atoms with E-state index in [-0.39, 0.29) is 18.0 Å². The number of nitrogens with zero attached hydrogens (tertiary/aromatic N) is 5. The fraction of sp³-hybridized carbons (Fsp3) is 0.577. The number of piperazine rings is 1. The summed E-state index contributed by atoms with van der Waals surface area (Å²) in [5, 5.41) is 6.77. The van der Waals surface area contributed by atoms with Crippen molar-refractivity contribution in [1.82, 2.24) is 24.5 Å². The molecule has 0 radical (unpaired) electrons. The van der Waals surface area contributed by atoms with Crippen LogP contribution in [0.1, 0.15) is 43.7 Å². The van der Waals surface area contributed by atoms with E-state index in [0.29, 0.717) is 18.9 Å². The second-order valence-corrected chi connectivity index (χ2v) is 10.1. The summed E-state index contributed by atoms with van der Waals surface area (Å²) in [4.78, 5) is 30.8. The van der Waals surface area contributed by atoms with Gasteiger partial charge in [-0.2, -0.15) is 4.68 Å². The van der Waals surface area contributed by atoms with Gasteiger partial charge in [0.25, 0.3) is 0 Å². The van der Waals surface area contributed by atoms with Gasteiger partial charge in [-0.15, -0.1) is 5.10 Å². The maximum absolute atomic E-state index is 12.8. The highest BCUT2D eigenvalue weighted by atomic mass is 16.5. The highest BCUT2D eigenvalue weighted by Gasteiger charge is 2.32. The zero-order valence-electron chi connectivity index (χ0n) is 20.8. The minimum atomic E-state index is -0.209. The molecule has 1 aliphatic carbocycles. The predicted molar refractivity (Wildman–Crippen MR) is 134 cm³/mol. The minimum Gasteiger partial charge on any atom is -0.490 e. The van der Waals surface area contributed by atoms with E-state index in [1.54, 1.807) is 17.2 Å². The SMILES string of the molecule is CC(=O)Nc1ccn(C(=O)N2CCN(Cc3ccc(C)cc3OC3CCN(C4CC4)CC3)CC2)n1. The van der Waals surface area contributed by atoms with Gasteiger partial charge in [-0.3, -0.25) is 9.69 Å². The molecule has 1 aromatic carbocycles. The van der Waals surface area contributed by atoms with Crippen LogP contribution >= 0.6 is 0 Å². The van der Waals surface area contributed by atoms with Crippen LogP contribution in [0.3, 0.4) is 0 Å². The summed E-state index contributed by atoms with van der Waals surface area (Å²) in [6.45, 7) is 9.49. The Balaban J connectivity index is 1.14. The van der Waals surface area contributed by atoms with E-state index in [2.05, 4.69) is 45.3 Å². The summed E-state index contributed by atoms with van der Waals surface area (Å²) in [7, 11) is 0. The number of hydrogen-bond acceptors (Lipinski definition) is 6. The van der Waals surface area contributed by atoms with Crippen LogP contribution in [0.4, 0.5) is 10.6 Å². The van der Waals surface area contributed by atoms with Crippen molar-refractivity contribution in [3.05, 3.63) is 41.6 Å². The van der Waals surface area contributed by atoms with Crippen LogP contribution in [0.25, 0.3) is 0 Å². The molecule has 2 aliphatic heterocycles. The van der Waals surface area contributed by atoms with Gasteiger partial charge in [0.15, 0.2) is 5.82 Å². The molecule has 3 aliphatic rings. The maximum atomic E-state index is 12.8. The van der Waals surface area contributed by atoms with Gasteiger partial charge >= 0.3 is 6.03 Å². The van der Waals surface area contributed by atoms with Gasteiger partial charge in [0.2, 0.25) is 5.91 Å². The minimum absolute atomic E-state index is 0.168. The zero-order valence-corrected chi connectivity index (χ0v) is 20.8. The first-order valence-corrected chi connectivity index (χ1v) is 12.8. The molecule has 1 N–H and O–H groups in total. The number of amides is 2. The van der Waals surface area contributed by atoms with Crippen molar-refractivity contribution in [2.45, 2.75) is 58.2 Å². The topological polar surface area (TPSA) is 82.9 Å². The molecule has 0 bridgehead atoms. The Hall–Kier alpha value is -2.91. The Labute approximate surface area is 207 Å². The Bertz CT molecular complexity index is 1050. The molecule has 2 aromatic rings. The van der Waals surface area contributed by atoms with Gasteiger partial charge < -0.3 is 19.9 Å². The Morgan fingerprint density at radius 2 is 1.77 bits per heavy atom. The molecule has 3 fully saturated rings. The Kier molecular flexibility index (Phi) is 7.06. The third-order valence-electron chi connectivity index (χ3n) is 7.18. The molecule has 0 spiro atoms. The summed E-state index contributed by atoms with van der Waals surface area (Å²) < 4.78 is 7.84. The molecule has 0 atom stereocenters. The fourth-order valence-electron chi connectivity index (χ4n) is 5.04. The van der Waals surface area contributed by atoms with Gasteiger partial charge in [0.05, 0.1) is 0 Å². The van der Waals surface area contributed by atoms with Crippen molar-refractivity contribution < 1.29 is 14.3 Å². The lowest BCUT2D eigenvalue weighted by Crippen LogP contribution is -2.49. The van der Waals surface area contributed by atoms with Crippen LogP contribution < -0.4 is 10.1 Å². The number of piperidine rings is 1. The second-order valence-electron chi connectivity index (χ2n) is 10.1. The molecular formula is C26H36N6O3. The standard InChI is InChI=1S/C26H36N6O3/c1-19-3-4-21(24(17-19)35-23-7-10-30(11-8-23)22-5-6-22)18-29-13-15-31(16-14-29)26(34)32-12-9-25(28-32)27-20(2)33/h3-4,9,12,17,22-23H,5-8,10-11,13-16,18H2,1-2H3,(H,27,28,33). The number of hydrogen-bond donors (Lipinski definition) is 1. The van der Waals surface area contributed by atoms with E-state index in [0.717, 1.165) is 57.4 Å². The highest BCUT2D eigenvalue weighted by Crippen LogP contribution is 2.31. The van der Waals surface area contributed by atoms with Crippen molar-refractivity contribution in [2.75, 3.05) is 44.6 Å². The molecule has 5 rings (SSSR count). The lowest BCUT2D eigenvalue weighted by Gasteiger charge is -2.35. The molecule has 35 heavy (non-hydrogen) atoms. The van der Waals surface area contributed by atoms with Crippen molar-refractivity contribution in [3.8, 4) is 5.75 Å². The normalized spacial score (nSPS) is 20.1. The molecule has 9 nitrogen and oxygen atoms in total. The number of anilines is 1. The first-order valence-electron chi connectivity index (χ1n) is 12.8. The molecule has 2 amide bonds. The smallest absolute Gasteiger partial charge is 0.344 e. The summed E-state index contributed by atoms with van der Waals surface area (Å²) in [6, 6.07) is 8.81. The molecule has 1 aromatic heterocycles. The molecule has 1 saturated carbocycles. The second kappa shape index (κ2) is 10.4. The van der Waals surface area contributed by atoms with E-state index in [9.17, 15) is 9.59 Å². The van der Waals surface area contributed by atoms with Crippen molar-refractivity contribution >= 4 is 17.8 Å². The zero-order chi connectivity index (χ0) is 24.4. The lowest BCUT2D eigenvalue weighted by molar-refractivity contribution is -0.114. The van der Waals surface area contributed by atoms with Gasteiger partial charge in [-0.25, -0.2) is 4.79 Å².